The number of anilines is 1. The lowest BCUT2D eigenvalue weighted by Gasteiger charge is -2.18. The van der Waals surface area contributed by atoms with Crippen LogP contribution in [0.1, 0.15) is 26.6 Å². The number of hydrogen-bond donors (Lipinski definition) is 1. The van der Waals surface area contributed by atoms with Crippen molar-refractivity contribution in [2.45, 2.75) is 26.2 Å². The second kappa shape index (κ2) is 6.20. The zero-order valence-corrected chi connectivity index (χ0v) is 14.7. The van der Waals surface area contributed by atoms with E-state index in [1.807, 2.05) is 13.1 Å². The monoisotopic (exact) mass is 369 g/mol. The van der Waals surface area contributed by atoms with Gasteiger partial charge in [0.2, 0.25) is 5.88 Å². The highest BCUT2D eigenvalue weighted by molar-refractivity contribution is 9.10. The summed E-state index contributed by atoms with van der Waals surface area (Å²) in [6.45, 7) is 6.16. The molecule has 2 aromatic rings. The average Bonchev–Trinajstić information content (AvgIpc) is 2.41. The van der Waals surface area contributed by atoms with E-state index in [-0.39, 0.29) is 5.41 Å². The maximum atomic E-state index is 6.14. The number of hydrogen-bond acceptors (Lipinski definition) is 4. The lowest BCUT2D eigenvalue weighted by Crippen LogP contribution is -2.17. The van der Waals surface area contributed by atoms with E-state index < -0.39 is 0 Å². The fourth-order valence-electron chi connectivity index (χ4n) is 1.61. The molecule has 0 aliphatic rings. The van der Waals surface area contributed by atoms with Gasteiger partial charge in [-0.05, 0) is 18.2 Å². The zero-order chi connectivity index (χ0) is 15.6. The van der Waals surface area contributed by atoms with Crippen molar-refractivity contribution in [1.29, 1.82) is 0 Å². The third-order valence-electron chi connectivity index (χ3n) is 2.74. The minimum absolute atomic E-state index is 0.175. The van der Waals surface area contributed by atoms with Gasteiger partial charge in [0.25, 0.3) is 0 Å². The molecule has 1 heterocycles. The molecule has 0 amide bonds. The van der Waals surface area contributed by atoms with E-state index in [9.17, 15) is 0 Å². The number of ether oxygens (including phenoxy) is 1. The number of nitrogens with zero attached hydrogens (tertiary/aromatic N) is 2. The molecule has 0 unspecified atom stereocenters. The van der Waals surface area contributed by atoms with Gasteiger partial charge in [-0.15, -0.1) is 0 Å². The summed E-state index contributed by atoms with van der Waals surface area (Å²) in [6, 6.07) is 7.17. The van der Waals surface area contributed by atoms with Crippen LogP contribution in [0.2, 0.25) is 5.02 Å². The number of rotatable bonds is 3. The molecule has 0 atom stereocenters. The van der Waals surface area contributed by atoms with Gasteiger partial charge >= 0.3 is 0 Å². The fraction of sp³-hybridized carbons (Fsp3) is 0.333. The van der Waals surface area contributed by atoms with E-state index >= 15 is 0 Å². The van der Waals surface area contributed by atoms with Crippen LogP contribution in [0, 0.1) is 0 Å². The summed E-state index contributed by atoms with van der Waals surface area (Å²) in [5.41, 5.74) is -0.175. The first-order valence-electron chi connectivity index (χ1n) is 6.50. The van der Waals surface area contributed by atoms with Crippen LogP contribution in [0.3, 0.4) is 0 Å². The molecule has 0 aliphatic carbocycles. The molecule has 0 aliphatic heterocycles. The molecule has 0 saturated carbocycles. The second-order valence-electron chi connectivity index (χ2n) is 5.59. The molecule has 6 heteroatoms. The predicted octanol–water partition coefficient (Wildman–Crippen LogP) is 5.02. The summed E-state index contributed by atoms with van der Waals surface area (Å²) in [6.07, 6.45) is 0. The van der Waals surface area contributed by atoms with Crippen molar-refractivity contribution in [3.63, 3.8) is 0 Å². The van der Waals surface area contributed by atoms with Crippen LogP contribution in [0.5, 0.6) is 11.6 Å². The van der Waals surface area contributed by atoms with Crippen molar-refractivity contribution in [2.75, 3.05) is 12.4 Å². The Morgan fingerprint density at radius 2 is 1.90 bits per heavy atom. The van der Waals surface area contributed by atoms with Crippen LogP contribution in [0.4, 0.5) is 5.82 Å². The molecule has 0 bridgehead atoms. The minimum Gasteiger partial charge on any atom is -0.437 e. The SMILES string of the molecule is CNc1cc(Oc2cc(Br)ccc2Cl)nc(C(C)(C)C)n1. The van der Waals surface area contributed by atoms with Crippen LogP contribution < -0.4 is 10.1 Å². The second-order valence-corrected chi connectivity index (χ2v) is 6.91. The maximum absolute atomic E-state index is 6.14. The highest BCUT2D eigenvalue weighted by Crippen LogP contribution is 2.32. The van der Waals surface area contributed by atoms with Gasteiger partial charge in [0.15, 0.2) is 0 Å². The summed E-state index contributed by atoms with van der Waals surface area (Å²) in [5.74, 6) is 2.41. The molecule has 0 saturated heterocycles. The summed E-state index contributed by atoms with van der Waals surface area (Å²) in [7, 11) is 1.81. The molecule has 21 heavy (non-hydrogen) atoms. The molecular weight excluding hydrogens is 354 g/mol. The van der Waals surface area contributed by atoms with E-state index in [1.165, 1.54) is 0 Å². The Labute approximate surface area is 138 Å². The molecule has 1 N–H and O–H groups in total. The van der Waals surface area contributed by atoms with E-state index in [1.54, 1.807) is 18.2 Å². The molecule has 112 valence electrons. The zero-order valence-electron chi connectivity index (χ0n) is 12.4. The van der Waals surface area contributed by atoms with Gasteiger partial charge in [0.05, 0.1) is 5.02 Å². The standard InChI is InChI=1S/C15H17BrClN3O/c1-15(2,3)14-19-12(18-4)8-13(20-14)21-11-7-9(16)5-6-10(11)17/h5-8H,1-4H3,(H,18,19,20). The van der Waals surface area contributed by atoms with Crippen molar-refractivity contribution in [3.8, 4) is 11.6 Å². The summed E-state index contributed by atoms with van der Waals surface area (Å²) in [5, 5.41) is 3.55. The summed E-state index contributed by atoms with van der Waals surface area (Å²) >= 11 is 9.54. The summed E-state index contributed by atoms with van der Waals surface area (Å²) < 4.78 is 6.70. The Morgan fingerprint density at radius 1 is 1.19 bits per heavy atom. The molecule has 1 aromatic heterocycles. The van der Waals surface area contributed by atoms with Crippen LogP contribution in [-0.4, -0.2) is 17.0 Å². The van der Waals surface area contributed by atoms with Crippen LogP contribution in [-0.2, 0) is 5.41 Å². The molecule has 1 aromatic carbocycles. The first kappa shape index (κ1) is 16.0. The first-order valence-corrected chi connectivity index (χ1v) is 7.67. The molecule has 4 nitrogen and oxygen atoms in total. The van der Waals surface area contributed by atoms with Gasteiger partial charge in [-0.1, -0.05) is 48.3 Å². The smallest absolute Gasteiger partial charge is 0.224 e. The van der Waals surface area contributed by atoms with Crippen molar-refractivity contribution in [2.24, 2.45) is 0 Å². The molecule has 0 spiro atoms. The maximum Gasteiger partial charge on any atom is 0.224 e. The normalized spacial score (nSPS) is 11.3. The number of halogens is 2. The van der Waals surface area contributed by atoms with Gasteiger partial charge in [-0.3, -0.25) is 0 Å². The fourth-order valence-corrected chi connectivity index (χ4v) is 2.11. The highest BCUT2D eigenvalue weighted by Gasteiger charge is 2.20. The molecule has 0 fully saturated rings. The highest BCUT2D eigenvalue weighted by atomic mass is 79.9. The lowest BCUT2D eigenvalue weighted by atomic mass is 9.96. The van der Waals surface area contributed by atoms with E-state index in [0.717, 1.165) is 4.47 Å². The molecular formula is C15H17BrClN3O. The number of nitrogens with one attached hydrogen (secondary N) is 1. The Kier molecular flexibility index (Phi) is 4.74. The molecule has 0 radical (unpaired) electrons. The number of aromatic nitrogens is 2. The number of benzene rings is 1. The topological polar surface area (TPSA) is 47.0 Å². The van der Waals surface area contributed by atoms with Crippen molar-refractivity contribution >= 4 is 33.3 Å². The largest absolute Gasteiger partial charge is 0.437 e. The van der Waals surface area contributed by atoms with E-state index in [0.29, 0.717) is 28.3 Å². The third-order valence-corrected chi connectivity index (χ3v) is 3.54. The van der Waals surface area contributed by atoms with Gasteiger partial charge in [-0.2, -0.15) is 4.98 Å². The van der Waals surface area contributed by atoms with Gasteiger partial charge < -0.3 is 10.1 Å². The first-order chi connectivity index (χ1) is 9.79. The Balaban J connectivity index is 2.42. The van der Waals surface area contributed by atoms with Crippen molar-refractivity contribution in [3.05, 3.63) is 39.6 Å². The minimum atomic E-state index is -0.175. The molecule has 2 rings (SSSR count). The Hall–Kier alpha value is -1.33. The predicted molar refractivity (Wildman–Crippen MR) is 89.5 cm³/mol. The van der Waals surface area contributed by atoms with Crippen molar-refractivity contribution < 1.29 is 4.74 Å². The lowest BCUT2D eigenvalue weighted by molar-refractivity contribution is 0.446. The summed E-state index contributed by atoms with van der Waals surface area (Å²) in [4.78, 5) is 8.93. The van der Waals surface area contributed by atoms with Crippen LogP contribution >= 0.6 is 27.5 Å². The van der Waals surface area contributed by atoms with E-state index in [4.69, 9.17) is 16.3 Å². The third kappa shape index (κ3) is 4.08. The van der Waals surface area contributed by atoms with Gasteiger partial charge in [-0.25, -0.2) is 4.98 Å². The Bertz CT molecular complexity index is 656. The van der Waals surface area contributed by atoms with E-state index in [2.05, 4.69) is 52.0 Å². The van der Waals surface area contributed by atoms with Crippen LogP contribution in [0.15, 0.2) is 28.7 Å². The van der Waals surface area contributed by atoms with Gasteiger partial charge in [0.1, 0.15) is 17.4 Å². The van der Waals surface area contributed by atoms with Crippen molar-refractivity contribution in [1.82, 2.24) is 9.97 Å². The average molecular weight is 371 g/mol. The Morgan fingerprint density at radius 3 is 2.52 bits per heavy atom. The van der Waals surface area contributed by atoms with Crippen LogP contribution in [0.25, 0.3) is 0 Å². The quantitative estimate of drug-likeness (QED) is 0.823. The van der Waals surface area contributed by atoms with Gasteiger partial charge in [0, 0.05) is 23.0 Å².